The molecular formula is C19H24N2O4. The second-order valence-electron chi connectivity index (χ2n) is 5.53. The summed E-state index contributed by atoms with van der Waals surface area (Å²) in [4.78, 5) is 16.4. The summed E-state index contributed by atoms with van der Waals surface area (Å²) in [6.07, 6.45) is 0.582. The molecule has 0 saturated heterocycles. The molecule has 0 aliphatic rings. The molecule has 0 unspecified atom stereocenters. The van der Waals surface area contributed by atoms with E-state index < -0.39 is 13.0 Å². The Morgan fingerprint density at radius 1 is 1.36 bits per heavy atom. The summed E-state index contributed by atoms with van der Waals surface area (Å²) >= 11 is 0. The van der Waals surface area contributed by atoms with Gasteiger partial charge in [0, 0.05) is 17.8 Å². The Morgan fingerprint density at radius 2 is 2.12 bits per heavy atom. The molecule has 0 fully saturated rings. The lowest BCUT2D eigenvalue weighted by Crippen LogP contribution is -2.30. The van der Waals surface area contributed by atoms with Crippen LogP contribution >= 0.6 is 0 Å². The van der Waals surface area contributed by atoms with E-state index in [4.69, 9.17) is 24.1 Å². The second kappa shape index (κ2) is 9.03. The van der Waals surface area contributed by atoms with Crippen molar-refractivity contribution in [1.82, 2.24) is 4.98 Å². The van der Waals surface area contributed by atoms with Gasteiger partial charge in [0.2, 0.25) is 5.88 Å². The molecule has 25 heavy (non-hydrogen) atoms. The van der Waals surface area contributed by atoms with Crippen LogP contribution in [0.5, 0.6) is 11.6 Å². The molecule has 6 heteroatoms. The number of hydrogen-bond donors (Lipinski definition) is 1. The van der Waals surface area contributed by atoms with Gasteiger partial charge in [-0.1, -0.05) is 30.3 Å². The maximum atomic E-state index is 12.4. The molecule has 6 nitrogen and oxygen atoms in total. The molecule has 0 aliphatic carbocycles. The van der Waals surface area contributed by atoms with Crippen molar-refractivity contribution in [3.63, 3.8) is 0 Å². The van der Waals surface area contributed by atoms with Gasteiger partial charge >= 0.3 is 5.97 Å². The summed E-state index contributed by atoms with van der Waals surface area (Å²) in [5.41, 5.74) is 7.45. The Balaban J connectivity index is 2.24. The minimum Gasteiger partial charge on any atom is -0.491 e. The number of methoxy groups -OCH3 is 1. The first kappa shape index (κ1) is 14.7. The Bertz CT molecular complexity index is 798. The summed E-state index contributed by atoms with van der Waals surface area (Å²) in [5, 5.41) is 0. The number of aromatic nitrogens is 1. The lowest BCUT2D eigenvalue weighted by atomic mass is 10.1. The Morgan fingerprint density at radius 3 is 2.80 bits per heavy atom. The van der Waals surface area contributed by atoms with Gasteiger partial charge in [-0.3, -0.25) is 0 Å². The van der Waals surface area contributed by atoms with Gasteiger partial charge in [-0.25, -0.2) is 9.78 Å². The second-order valence-corrected chi connectivity index (χ2v) is 5.53. The van der Waals surface area contributed by atoms with Crippen LogP contribution in [0, 0.1) is 6.92 Å². The number of carbonyl (C=O) groups is 1. The Labute approximate surface area is 152 Å². The van der Waals surface area contributed by atoms with Crippen LogP contribution in [0.1, 0.15) is 32.7 Å². The van der Waals surface area contributed by atoms with E-state index in [9.17, 15) is 4.79 Å². The van der Waals surface area contributed by atoms with E-state index in [1.54, 1.807) is 13.8 Å². The topological polar surface area (TPSA) is 83.7 Å². The number of nitrogens with zero attached hydrogens (tertiary/aromatic N) is 1. The quantitative estimate of drug-likeness (QED) is 0.739. The largest absolute Gasteiger partial charge is 0.491 e. The van der Waals surface area contributed by atoms with Gasteiger partial charge in [0.25, 0.3) is 0 Å². The number of nitrogens with two attached hydrogens (primary N) is 1. The zero-order valence-electron chi connectivity index (χ0n) is 17.3. The van der Waals surface area contributed by atoms with E-state index >= 15 is 0 Å². The van der Waals surface area contributed by atoms with Gasteiger partial charge in [-0.15, -0.1) is 0 Å². The van der Waals surface area contributed by atoms with Crippen LogP contribution in [0.15, 0.2) is 36.4 Å². The molecule has 2 N–H and O–H groups in total. The monoisotopic (exact) mass is 347 g/mol. The van der Waals surface area contributed by atoms with E-state index in [0.717, 1.165) is 5.56 Å². The molecule has 0 aliphatic heterocycles. The first-order chi connectivity index (χ1) is 13.2. The van der Waals surface area contributed by atoms with Crippen molar-refractivity contribution in [2.75, 3.05) is 20.3 Å². The van der Waals surface area contributed by atoms with Crippen LogP contribution in [-0.2, 0) is 11.2 Å². The molecule has 134 valence electrons. The third kappa shape index (κ3) is 5.19. The number of carbonyl (C=O) groups excluding carboxylic acids is 1. The van der Waals surface area contributed by atoms with Crippen molar-refractivity contribution < 1.29 is 23.1 Å². The first-order valence-electron chi connectivity index (χ1n) is 9.49. The first-order valence-corrected chi connectivity index (χ1v) is 7.99. The third-order valence-corrected chi connectivity index (χ3v) is 3.45. The molecule has 0 spiro atoms. The highest BCUT2D eigenvalue weighted by Gasteiger charge is 2.23. The van der Waals surface area contributed by atoms with Crippen LogP contribution in [0.25, 0.3) is 0 Å². The average molecular weight is 347 g/mol. The van der Waals surface area contributed by atoms with Crippen LogP contribution in [0.4, 0.5) is 0 Å². The summed E-state index contributed by atoms with van der Waals surface area (Å²) in [7, 11) is -2.77. The van der Waals surface area contributed by atoms with Crippen molar-refractivity contribution >= 4 is 5.97 Å². The minimum absolute atomic E-state index is 0.104. The van der Waals surface area contributed by atoms with Crippen molar-refractivity contribution in [2.24, 2.45) is 5.73 Å². The fourth-order valence-corrected chi connectivity index (χ4v) is 2.37. The van der Waals surface area contributed by atoms with Crippen LogP contribution < -0.4 is 15.2 Å². The zero-order valence-corrected chi connectivity index (χ0v) is 14.3. The van der Waals surface area contributed by atoms with E-state index in [1.165, 1.54) is 6.07 Å². The fourth-order valence-electron chi connectivity index (χ4n) is 2.37. The predicted octanol–water partition coefficient (Wildman–Crippen LogP) is 2.52. The highest BCUT2D eigenvalue weighted by molar-refractivity contribution is 5.95. The maximum absolute atomic E-state index is 12.4. The van der Waals surface area contributed by atoms with Crippen molar-refractivity contribution in [1.29, 1.82) is 0 Å². The van der Waals surface area contributed by atoms with E-state index in [0.29, 0.717) is 12.1 Å². The van der Waals surface area contributed by atoms with Gasteiger partial charge in [-0.2, -0.15) is 0 Å². The number of aryl methyl sites for hydroxylation is 1. The van der Waals surface area contributed by atoms with Crippen LogP contribution in [-0.4, -0.2) is 37.2 Å². The number of benzene rings is 1. The molecule has 1 heterocycles. The molecular weight excluding hydrogens is 320 g/mol. The van der Waals surface area contributed by atoms with Crippen LogP contribution in [0.3, 0.4) is 0 Å². The molecule has 1 atom stereocenters. The van der Waals surface area contributed by atoms with Crippen LogP contribution in [0.2, 0.25) is 0 Å². The minimum atomic E-state index is -2.77. The third-order valence-electron chi connectivity index (χ3n) is 3.45. The standard InChI is InChI=1S/C19H24N2O4/c1-4-24-19(22)17-16(10-13(2)21-18(17)23-3)25-12-15(20)11-14-8-6-5-7-9-14/h5-10,15H,4,11-12,20H2,1-3H3/t15-/m1/s1/i3D3. The van der Waals surface area contributed by atoms with Gasteiger partial charge in [0.1, 0.15) is 12.4 Å². The molecule has 1 aromatic heterocycles. The molecule has 1 aromatic carbocycles. The highest BCUT2D eigenvalue weighted by atomic mass is 16.5. The molecule has 0 radical (unpaired) electrons. The number of esters is 1. The zero-order chi connectivity index (χ0) is 20.7. The smallest absolute Gasteiger partial charge is 0.347 e. The molecule has 0 saturated carbocycles. The number of ether oxygens (including phenoxy) is 3. The van der Waals surface area contributed by atoms with Gasteiger partial charge in [-0.05, 0) is 25.8 Å². The molecule has 0 amide bonds. The Hall–Kier alpha value is -2.60. The van der Waals surface area contributed by atoms with E-state index in [2.05, 4.69) is 4.98 Å². The summed E-state index contributed by atoms with van der Waals surface area (Å²) in [6.45, 7) is 3.49. The summed E-state index contributed by atoms with van der Waals surface area (Å²) in [6, 6.07) is 10.9. The van der Waals surface area contributed by atoms with Gasteiger partial charge in [0.05, 0.1) is 17.8 Å². The molecule has 2 rings (SSSR count). The van der Waals surface area contributed by atoms with Gasteiger partial charge in [0.15, 0.2) is 5.56 Å². The predicted molar refractivity (Wildman–Crippen MR) is 95.1 cm³/mol. The molecule has 0 bridgehead atoms. The summed E-state index contributed by atoms with van der Waals surface area (Å²) < 4.78 is 37.6. The molecule has 2 aromatic rings. The fraction of sp³-hybridized carbons (Fsp3) is 0.368. The number of pyridine rings is 1. The highest BCUT2D eigenvalue weighted by Crippen LogP contribution is 2.29. The Kier molecular flexibility index (Phi) is 5.32. The van der Waals surface area contributed by atoms with Crippen molar-refractivity contribution in [3.05, 3.63) is 53.2 Å². The lowest BCUT2D eigenvalue weighted by Gasteiger charge is -2.17. The average Bonchev–Trinajstić information content (AvgIpc) is 2.59. The number of rotatable bonds is 8. The van der Waals surface area contributed by atoms with Gasteiger partial charge < -0.3 is 19.9 Å². The summed E-state index contributed by atoms with van der Waals surface area (Å²) in [5.74, 6) is -1.01. The van der Waals surface area contributed by atoms with E-state index in [-0.39, 0.29) is 36.4 Å². The normalized spacial score (nSPS) is 14.0. The SMILES string of the molecule is [2H]C([2H])([2H])Oc1nc(C)cc(OC[C@H](N)Cc2ccccc2)c1C(=O)OCC. The van der Waals surface area contributed by atoms with E-state index in [1.807, 2.05) is 30.3 Å². The lowest BCUT2D eigenvalue weighted by molar-refractivity contribution is 0.0516. The maximum Gasteiger partial charge on any atom is 0.347 e. The van der Waals surface area contributed by atoms with Crippen molar-refractivity contribution in [3.8, 4) is 11.6 Å². The number of hydrogen-bond acceptors (Lipinski definition) is 6. The van der Waals surface area contributed by atoms with Crippen molar-refractivity contribution in [2.45, 2.75) is 26.3 Å².